The van der Waals surface area contributed by atoms with Gasteiger partial charge in [-0.05, 0) is 58.6 Å². The molecule has 0 bridgehead atoms. The van der Waals surface area contributed by atoms with Gasteiger partial charge in [-0.25, -0.2) is 0 Å². The van der Waals surface area contributed by atoms with Crippen molar-refractivity contribution in [1.29, 1.82) is 0 Å². The summed E-state index contributed by atoms with van der Waals surface area (Å²) in [6, 6.07) is 5.39. The maximum absolute atomic E-state index is 12.5. The highest BCUT2D eigenvalue weighted by atomic mass is 16.7. The van der Waals surface area contributed by atoms with E-state index in [-0.39, 0.29) is 36.0 Å². The molecule has 1 aliphatic heterocycles. The summed E-state index contributed by atoms with van der Waals surface area (Å²) in [5, 5.41) is 5.98. The molecule has 1 saturated carbocycles. The minimum absolute atomic E-state index is 0.00791. The largest absolute Gasteiger partial charge is 0.454 e. The van der Waals surface area contributed by atoms with Crippen molar-refractivity contribution in [2.24, 2.45) is 11.8 Å². The van der Waals surface area contributed by atoms with Crippen LogP contribution in [0.1, 0.15) is 46.5 Å². The molecule has 0 saturated heterocycles. The van der Waals surface area contributed by atoms with Crippen LogP contribution in [0.5, 0.6) is 11.5 Å². The lowest BCUT2D eigenvalue weighted by Crippen LogP contribution is -2.45. The van der Waals surface area contributed by atoms with E-state index in [1.165, 1.54) is 0 Å². The van der Waals surface area contributed by atoms with Crippen molar-refractivity contribution in [3.8, 4) is 11.5 Å². The Morgan fingerprint density at radius 3 is 2.20 bits per heavy atom. The average molecular weight is 346 g/mol. The predicted molar refractivity (Wildman–Crippen MR) is 94.5 cm³/mol. The zero-order chi connectivity index (χ0) is 18.0. The number of rotatable bonds is 3. The Labute approximate surface area is 148 Å². The average Bonchev–Trinajstić information content (AvgIpc) is 3.01. The lowest BCUT2D eigenvalue weighted by atomic mass is 9.81. The van der Waals surface area contributed by atoms with Crippen LogP contribution in [0.4, 0.5) is 5.69 Å². The molecule has 2 aliphatic rings. The van der Waals surface area contributed by atoms with Gasteiger partial charge in [0.1, 0.15) is 0 Å². The Hall–Kier alpha value is -2.24. The first kappa shape index (κ1) is 17.6. The predicted octanol–water partition coefficient (Wildman–Crippen LogP) is 3.07. The van der Waals surface area contributed by atoms with E-state index in [0.29, 0.717) is 17.2 Å². The maximum Gasteiger partial charge on any atom is 0.231 e. The van der Waals surface area contributed by atoms with Crippen LogP contribution in [-0.2, 0) is 9.59 Å². The summed E-state index contributed by atoms with van der Waals surface area (Å²) in [7, 11) is 0. The van der Waals surface area contributed by atoms with Crippen LogP contribution in [-0.4, -0.2) is 24.1 Å². The summed E-state index contributed by atoms with van der Waals surface area (Å²) in [5.74, 6) is 1.41. The summed E-state index contributed by atoms with van der Waals surface area (Å²) < 4.78 is 10.6. The number of ether oxygens (including phenoxy) is 2. The molecule has 3 rings (SSSR count). The zero-order valence-electron chi connectivity index (χ0n) is 15.1. The van der Waals surface area contributed by atoms with Gasteiger partial charge in [0.15, 0.2) is 11.5 Å². The molecule has 0 spiro atoms. The fraction of sp³-hybridized carbons (Fsp3) is 0.579. The zero-order valence-corrected chi connectivity index (χ0v) is 15.1. The van der Waals surface area contributed by atoms with E-state index in [1.807, 2.05) is 26.8 Å². The third-order valence-corrected chi connectivity index (χ3v) is 4.61. The second kappa shape index (κ2) is 6.94. The Morgan fingerprint density at radius 2 is 1.56 bits per heavy atom. The van der Waals surface area contributed by atoms with Crippen molar-refractivity contribution >= 4 is 17.5 Å². The first-order chi connectivity index (χ1) is 11.8. The number of anilines is 1. The lowest BCUT2D eigenvalue weighted by Gasteiger charge is -2.30. The van der Waals surface area contributed by atoms with Crippen molar-refractivity contribution in [2.45, 2.75) is 52.0 Å². The molecular weight excluding hydrogens is 320 g/mol. The number of benzene rings is 1. The minimum Gasteiger partial charge on any atom is -0.454 e. The number of nitrogens with one attached hydrogen (secondary N) is 2. The molecule has 0 aromatic heterocycles. The number of fused-ring (bicyclic) bond motifs is 1. The fourth-order valence-corrected chi connectivity index (χ4v) is 3.31. The van der Waals surface area contributed by atoms with Crippen molar-refractivity contribution < 1.29 is 19.1 Å². The number of carbonyl (C=O) groups is 2. The minimum atomic E-state index is -0.218. The summed E-state index contributed by atoms with van der Waals surface area (Å²) in [4.78, 5) is 24.7. The van der Waals surface area contributed by atoms with Crippen LogP contribution in [0.25, 0.3) is 0 Å². The second-order valence-electron chi connectivity index (χ2n) is 7.85. The van der Waals surface area contributed by atoms with Gasteiger partial charge >= 0.3 is 0 Å². The molecule has 25 heavy (non-hydrogen) atoms. The van der Waals surface area contributed by atoms with Crippen molar-refractivity contribution in [3.63, 3.8) is 0 Å². The van der Waals surface area contributed by atoms with Gasteiger partial charge in [0.05, 0.1) is 0 Å². The smallest absolute Gasteiger partial charge is 0.231 e. The topological polar surface area (TPSA) is 76.7 Å². The van der Waals surface area contributed by atoms with Gasteiger partial charge < -0.3 is 20.1 Å². The highest BCUT2D eigenvalue weighted by Crippen LogP contribution is 2.35. The second-order valence-corrected chi connectivity index (χ2v) is 7.85. The maximum atomic E-state index is 12.5. The lowest BCUT2D eigenvalue weighted by molar-refractivity contribution is -0.129. The highest BCUT2D eigenvalue weighted by molar-refractivity contribution is 5.93. The number of amides is 2. The molecule has 1 aromatic rings. The molecule has 1 heterocycles. The van der Waals surface area contributed by atoms with Crippen molar-refractivity contribution in [2.75, 3.05) is 12.1 Å². The standard InChI is InChI=1S/C19H26N2O4/c1-19(2,3)21-18(23)13-6-4-12(5-7-13)17(22)20-14-8-9-15-16(10-14)25-11-24-15/h8-10,12-13H,4-7,11H2,1-3H3,(H,20,22)(H,21,23). The molecule has 2 N–H and O–H groups in total. The van der Waals surface area contributed by atoms with Crippen LogP contribution >= 0.6 is 0 Å². The van der Waals surface area contributed by atoms with Gasteiger partial charge in [-0.15, -0.1) is 0 Å². The quantitative estimate of drug-likeness (QED) is 0.882. The number of hydrogen-bond donors (Lipinski definition) is 2. The Bertz CT molecular complexity index is 658. The molecular formula is C19H26N2O4. The summed E-state index contributed by atoms with van der Waals surface area (Å²) >= 11 is 0. The molecule has 0 atom stereocenters. The van der Waals surface area contributed by atoms with E-state index < -0.39 is 0 Å². The molecule has 6 heteroatoms. The molecule has 0 radical (unpaired) electrons. The monoisotopic (exact) mass is 346 g/mol. The van der Waals surface area contributed by atoms with E-state index in [4.69, 9.17) is 9.47 Å². The van der Waals surface area contributed by atoms with Gasteiger partial charge in [0.2, 0.25) is 18.6 Å². The summed E-state index contributed by atoms with van der Waals surface area (Å²) in [6.07, 6.45) is 2.97. The van der Waals surface area contributed by atoms with E-state index in [1.54, 1.807) is 12.1 Å². The third-order valence-electron chi connectivity index (χ3n) is 4.61. The van der Waals surface area contributed by atoms with Crippen LogP contribution in [0.15, 0.2) is 18.2 Å². The van der Waals surface area contributed by atoms with E-state index in [2.05, 4.69) is 10.6 Å². The van der Waals surface area contributed by atoms with E-state index in [0.717, 1.165) is 25.7 Å². The van der Waals surface area contributed by atoms with Gasteiger partial charge in [-0.2, -0.15) is 0 Å². The first-order valence-electron chi connectivity index (χ1n) is 8.84. The van der Waals surface area contributed by atoms with Crippen molar-refractivity contribution in [1.82, 2.24) is 5.32 Å². The van der Waals surface area contributed by atoms with Crippen LogP contribution in [0.2, 0.25) is 0 Å². The molecule has 0 unspecified atom stereocenters. The molecule has 2 amide bonds. The van der Waals surface area contributed by atoms with Crippen molar-refractivity contribution in [3.05, 3.63) is 18.2 Å². The van der Waals surface area contributed by atoms with Gasteiger partial charge in [0, 0.05) is 29.1 Å². The molecule has 136 valence electrons. The third kappa shape index (κ3) is 4.44. The number of carbonyl (C=O) groups excluding carboxylic acids is 2. The summed E-state index contributed by atoms with van der Waals surface area (Å²) in [5.41, 5.74) is 0.492. The summed E-state index contributed by atoms with van der Waals surface area (Å²) in [6.45, 7) is 6.16. The molecule has 6 nitrogen and oxygen atoms in total. The molecule has 1 aliphatic carbocycles. The Kier molecular flexibility index (Phi) is 4.88. The van der Waals surface area contributed by atoms with Crippen LogP contribution < -0.4 is 20.1 Å². The highest BCUT2D eigenvalue weighted by Gasteiger charge is 2.31. The Morgan fingerprint density at radius 1 is 0.960 bits per heavy atom. The van der Waals surface area contributed by atoms with Gasteiger partial charge in [-0.1, -0.05) is 0 Å². The van der Waals surface area contributed by atoms with Crippen LogP contribution in [0, 0.1) is 11.8 Å². The number of hydrogen-bond acceptors (Lipinski definition) is 4. The van der Waals surface area contributed by atoms with Gasteiger partial charge in [-0.3, -0.25) is 9.59 Å². The Balaban J connectivity index is 1.51. The SMILES string of the molecule is CC(C)(C)NC(=O)C1CCC(C(=O)Nc2ccc3c(c2)OCO3)CC1. The molecule has 1 fully saturated rings. The first-order valence-corrected chi connectivity index (χ1v) is 8.84. The van der Waals surface area contributed by atoms with Gasteiger partial charge in [0.25, 0.3) is 0 Å². The van der Waals surface area contributed by atoms with E-state index in [9.17, 15) is 9.59 Å². The molecule has 1 aromatic carbocycles. The normalized spacial score (nSPS) is 22.4. The fourth-order valence-electron chi connectivity index (χ4n) is 3.31. The van der Waals surface area contributed by atoms with E-state index >= 15 is 0 Å². The van der Waals surface area contributed by atoms with Crippen LogP contribution in [0.3, 0.4) is 0 Å².